The molecule has 5 heteroatoms. The Labute approximate surface area is 83.0 Å². The third-order valence-corrected chi connectivity index (χ3v) is 1.44. The molecule has 0 aliphatic carbocycles. The van der Waals surface area contributed by atoms with E-state index in [1.54, 1.807) is 0 Å². The second-order valence-electron chi connectivity index (χ2n) is 2.88. The second kappa shape index (κ2) is 7.08. The Morgan fingerprint density at radius 1 is 1.43 bits per heavy atom. The molecule has 0 saturated heterocycles. The Morgan fingerprint density at radius 3 is 2.57 bits per heavy atom. The van der Waals surface area contributed by atoms with Gasteiger partial charge in [0, 0.05) is 32.0 Å². The molecule has 80 valence electrons. The highest BCUT2D eigenvalue weighted by Crippen LogP contribution is 2.00. The van der Waals surface area contributed by atoms with Crippen LogP contribution in [0.1, 0.15) is 19.8 Å². The van der Waals surface area contributed by atoms with E-state index in [-0.39, 0.29) is 30.3 Å². The number of nitrogens with one attached hydrogen (secondary N) is 1. The van der Waals surface area contributed by atoms with Crippen LogP contribution in [0.4, 0.5) is 0 Å². The van der Waals surface area contributed by atoms with E-state index < -0.39 is 0 Å². The van der Waals surface area contributed by atoms with Crippen molar-refractivity contribution < 1.29 is 14.7 Å². The molecule has 0 unspecified atom stereocenters. The summed E-state index contributed by atoms with van der Waals surface area (Å²) >= 11 is 0. The van der Waals surface area contributed by atoms with Crippen LogP contribution in [0.3, 0.4) is 0 Å². The molecule has 0 spiro atoms. The zero-order valence-electron chi connectivity index (χ0n) is 8.25. The van der Waals surface area contributed by atoms with Gasteiger partial charge in [-0.2, -0.15) is 0 Å². The van der Waals surface area contributed by atoms with Gasteiger partial charge in [-0.1, -0.05) is 0 Å². The summed E-state index contributed by atoms with van der Waals surface area (Å²) in [5, 5.41) is 11.7. The lowest BCUT2D eigenvalue weighted by Gasteiger charge is -2.02. The molecule has 0 saturated carbocycles. The van der Waals surface area contributed by atoms with Crippen LogP contribution in [-0.2, 0) is 9.59 Å². The van der Waals surface area contributed by atoms with Gasteiger partial charge in [0.1, 0.15) is 0 Å². The Morgan fingerprint density at radius 2 is 2.07 bits per heavy atom. The molecule has 0 rings (SSSR count). The van der Waals surface area contributed by atoms with Gasteiger partial charge in [-0.05, 0) is 6.92 Å². The van der Waals surface area contributed by atoms with E-state index in [2.05, 4.69) is 5.32 Å². The van der Waals surface area contributed by atoms with E-state index >= 15 is 0 Å². The summed E-state index contributed by atoms with van der Waals surface area (Å²) in [7, 11) is 0. The number of amides is 1. The molecule has 14 heavy (non-hydrogen) atoms. The molecule has 0 fully saturated rings. The Kier molecular flexibility index (Phi) is 6.39. The van der Waals surface area contributed by atoms with Gasteiger partial charge in [-0.3, -0.25) is 9.59 Å². The molecule has 4 N–H and O–H groups in total. The van der Waals surface area contributed by atoms with E-state index in [1.807, 2.05) is 0 Å². The number of aliphatic hydroxyl groups is 1. The SMILES string of the molecule is CC(=O)/C=C(\O)CCC(=O)NCCN. The maximum Gasteiger partial charge on any atom is 0.220 e. The Bertz CT molecular complexity index is 236. The molecule has 0 aromatic heterocycles. The average Bonchev–Trinajstić information content (AvgIpc) is 2.10. The number of carbonyl (C=O) groups excluding carboxylic acids is 2. The van der Waals surface area contributed by atoms with Crippen LogP contribution in [0.5, 0.6) is 0 Å². The number of hydrogen-bond donors (Lipinski definition) is 3. The fraction of sp³-hybridized carbons (Fsp3) is 0.556. The van der Waals surface area contributed by atoms with Gasteiger partial charge in [0.05, 0.1) is 5.76 Å². The lowest BCUT2D eigenvalue weighted by Crippen LogP contribution is -2.28. The quantitative estimate of drug-likeness (QED) is 0.411. The number of nitrogens with two attached hydrogens (primary N) is 1. The first-order valence-electron chi connectivity index (χ1n) is 4.43. The molecular formula is C9H16N2O3. The summed E-state index contributed by atoms with van der Waals surface area (Å²) in [6, 6.07) is 0. The number of ketones is 1. The van der Waals surface area contributed by atoms with E-state index in [1.165, 1.54) is 6.92 Å². The molecule has 0 aliphatic rings. The van der Waals surface area contributed by atoms with Crippen molar-refractivity contribution in [3.05, 3.63) is 11.8 Å². The van der Waals surface area contributed by atoms with E-state index in [4.69, 9.17) is 10.8 Å². The van der Waals surface area contributed by atoms with Crippen molar-refractivity contribution in [1.29, 1.82) is 0 Å². The zero-order chi connectivity index (χ0) is 11.0. The predicted molar refractivity (Wildman–Crippen MR) is 52.7 cm³/mol. The minimum atomic E-state index is -0.232. The second-order valence-corrected chi connectivity index (χ2v) is 2.88. The Hall–Kier alpha value is -1.36. The maximum absolute atomic E-state index is 11.0. The van der Waals surface area contributed by atoms with Crippen molar-refractivity contribution in [3.8, 4) is 0 Å². The molecule has 0 aromatic carbocycles. The minimum Gasteiger partial charge on any atom is -0.512 e. The standard InChI is InChI=1S/C9H16N2O3/c1-7(12)6-8(13)2-3-9(14)11-5-4-10/h6,13H,2-5,10H2,1H3,(H,11,14)/b8-6-. The van der Waals surface area contributed by atoms with E-state index in [9.17, 15) is 9.59 Å². The minimum absolute atomic E-state index is 0.0691. The van der Waals surface area contributed by atoms with Gasteiger partial charge in [-0.25, -0.2) is 0 Å². The summed E-state index contributed by atoms with van der Waals surface area (Å²) in [6.45, 7) is 2.15. The third kappa shape index (κ3) is 7.30. The van der Waals surface area contributed by atoms with Crippen molar-refractivity contribution in [3.63, 3.8) is 0 Å². The highest BCUT2D eigenvalue weighted by Gasteiger charge is 2.02. The molecule has 1 amide bonds. The molecular weight excluding hydrogens is 184 g/mol. The van der Waals surface area contributed by atoms with Gasteiger partial charge >= 0.3 is 0 Å². The van der Waals surface area contributed by atoms with Crippen LogP contribution in [-0.4, -0.2) is 29.9 Å². The lowest BCUT2D eigenvalue weighted by atomic mass is 10.2. The fourth-order valence-electron chi connectivity index (χ4n) is 0.848. The van der Waals surface area contributed by atoms with Gasteiger partial charge in [0.2, 0.25) is 5.91 Å². The van der Waals surface area contributed by atoms with Crippen molar-refractivity contribution in [1.82, 2.24) is 5.32 Å². The molecule has 0 atom stereocenters. The molecule has 0 bridgehead atoms. The molecule has 0 aliphatic heterocycles. The summed E-state index contributed by atoms with van der Waals surface area (Å²) in [5.41, 5.74) is 5.18. The number of carbonyl (C=O) groups is 2. The highest BCUT2D eigenvalue weighted by molar-refractivity contribution is 5.87. The van der Waals surface area contributed by atoms with Crippen LogP contribution in [0.15, 0.2) is 11.8 Å². The van der Waals surface area contributed by atoms with Gasteiger partial charge in [-0.15, -0.1) is 0 Å². The first kappa shape index (κ1) is 12.6. The summed E-state index contributed by atoms with van der Waals surface area (Å²) in [6.07, 6.45) is 1.45. The van der Waals surface area contributed by atoms with Crippen molar-refractivity contribution >= 4 is 11.7 Å². The first-order valence-corrected chi connectivity index (χ1v) is 4.43. The van der Waals surface area contributed by atoms with E-state index in [0.717, 1.165) is 6.08 Å². The third-order valence-electron chi connectivity index (χ3n) is 1.44. The molecule has 5 nitrogen and oxygen atoms in total. The predicted octanol–water partition coefficient (Wildman–Crippen LogP) is -0.128. The van der Waals surface area contributed by atoms with Crippen LogP contribution in [0.2, 0.25) is 0 Å². The van der Waals surface area contributed by atoms with Crippen LogP contribution >= 0.6 is 0 Å². The number of hydrogen-bond acceptors (Lipinski definition) is 4. The topological polar surface area (TPSA) is 92.4 Å². The Balaban J connectivity index is 3.71. The fourth-order valence-corrected chi connectivity index (χ4v) is 0.848. The number of aliphatic hydroxyl groups excluding tert-OH is 1. The van der Waals surface area contributed by atoms with Gasteiger partial charge < -0.3 is 16.2 Å². The smallest absolute Gasteiger partial charge is 0.220 e. The van der Waals surface area contributed by atoms with Gasteiger partial charge in [0.15, 0.2) is 5.78 Å². The maximum atomic E-state index is 11.0. The van der Waals surface area contributed by atoms with Crippen molar-refractivity contribution in [2.75, 3.05) is 13.1 Å². The highest BCUT2D eigenvalue weighted by atomic mass is 16.3. The molecule has 0 radical (unpaired) electrons. The summed E-state index contributed by atoms with van der Waals surface area (Å²) in [5.74, 6) is -0.482. The zero-order valence-corrected chi connectivity index (χ0v) is 8.25. The summed E-state index contributed by atoms with van der Waals surface area (Å²) < 4.78 is 0. The molecule has 0 heterocycles. The summed E-state index contributed by atoms with van der Waals surface area (Å²) in [4.78, 5) is 21.5. The monoisotopic (exact) mass is 200 g/mol. The van der Waals surface area contributed by atoms with Crippen LogP contribution in [0, 0.1) is 0 Å². The largest absolute Gasteiger partial charge is 0.512 e. The normalized spacial score (nSPS) is 11.1. The van der Waals surface area contributed by atoms with Crippen LogP contribution in [0.25, 0.3) is 0 Å². The van der Waals surface area contributed by atoms with Crippen molar-refractivity contribution in [2.24, 2.45) is 5.73 Å². The van der Waals surface area contributed by atoms with Crippen LogP contribution < -0.4 is 11.1 Å². The molecule has 0 aromatic rings. The number of allylic oxidation sites excluding steroid dienone is 2. The van der Waals surface area contributed by atoms with Gasteiger partial charge in [0.25, 0.3) is 0 Å². The lowest BCUT2D eigenvalue weighted by molar-refractivity contribution is -0.121. The number of rotatable bonds is 6. The first-order chi connectivity index (χ1) is 6.56. The van der Waals surface area contributed by atoms with Crippen molar-refractivity contribution in [2.45, 2.75) is 19.8 Å². The average molecular weight is 200 g/mol. The van der Waals surface area contributed by atoms with E-state index in [0.29, 0.717) is 13.1 Å².